The molecule has 3 aromatic rings. The van der Waals surface area contributed by atoms with Gasteiger partial charge in [0, 0.05) is 6.07 Å². The molecule has 132 valence electrons. The van der Waals surface area contributed by atoms with Crippen LogP contribution in [0.25, 0.3) is 0 Å². The first-order valence-electron chi connectivity index (χ1n) is 7.28. The monoisotopic (exact) mass is 356 g/mol. The summed E-state index contributed by atoms with van der Waals surface area (Å²) in [5, 5.41) is 33.0. The lowest BCUT2D eigenvalue weighted by molar-refractivity contribution is -0.393. The summed E-state index contributed by atoms with van der Waals surface area (Å²) in [6.07, 6.45) is 0.817. The highest BCUT2D eigenvalue weighted by Crippen LogP contribution is 2.28. The molecule has 12 nitrogen and oxygen atoms in total. The normalized spacial score (nSPS) is 11.7. The van der Waals surface area contributed by atoms with Gasteiger partial charge in [-0.05, 0) is 22.1 Å². The van der Waals surface area contributed by atoms with E-state index < -0.39 is 21.7 Å². The topological polar surface area (TPSA) is 154 Å². The Morgan fingerprint density at radius 1 is 1.04 bits per heavy atom. The highest BCUT2D eigenvalue weighted by molar-refractivity contribution is 5.64. The van der Waals surface area contributed by atoms with E-state index >= 15 is 0 Å². The van der Waals surface area contributed by atoms with E-state index in [1.807, 2.05) is 30.3 Å². The summed E-state index contributed by atoms with van der Waals surface area (Å²) in [7, 11) is 0. The maximum Gasteiger partial charge on any atom is 0.300 e. The number of nitro groups is 2. The Kier molecular flexibility index (Phi) is 4.76. The third kappa shape index (κ3) is 3.59. The molecule has 0 saturated heterocycles. The van der Waals surface area contributed by atoms with E-state index in [9.17, 15) is 20.2 Å². The van der Waals surface area contributed by atoms with Gasteiger partial charge in [0.2, 0.25) is 0 Å². The first-order chi connectivity index (χ1) is 12.6. The van der Waals surface area contributed by atoms with Crippen molar-refractivity contribution in [2.45, 2.75) is 6.17 Å². The molecule has 1 atom stereocenters. The molecule has 2 aromatic carbocycles. The number of hydrogen-bond donors (Lipinski definition) is 2. The lowest BCUT2D eigenvalue weighted by atomic mass is 10.2. The molecule has 0 aliphatic heterocycles. The predicted molar refractivity (Wildman–Crippen MR) is 88.9 cm³/mol. The molecule has 0 aliphatic carbocycles. The number of nitro benzene ring substituents is 2. The molecule has 3 rings (SSSR count). The molecular formula is C14H12N8O4. The number of hydrogen-bond acceptors (Lipinski definition) is 9. The Morgan fingerprint density at radius 3 is 2.42 bits per heavy atom. The molecule has 1 aromatic heterocycles. The van der Waals surface area contributed by atoms with Gasteiger partial charge in [-0.2, -0.15) is 0 Å². The molecule has 0 amide bonds. The zero-order valence-electron chi connectivity index (χ0n) is 13.1. The maximum absolute atomic E-state index is 11.2. The van der Waals surface area contributed by atoms with Gasteiger partial charge in [-0.1, -0.05) is 30.3 Å². The van der Waals surface area contributed by atoms with Crippen LogP contribution in [0.4, 0.5) is 17.1 Å². The summed E-state index contributed by atoms with van der Waals surface area (Å²) in [5.41, 5.74) is 5.66. The molecular weight excluding hydrogens is 344 g/mol. The van der Waals surface area contributed by atoms with Gasteiger partial charge < -0.3 is 5.43 Å². The van der Waals surface area contributed by atoms with Gasteiger partial charge in [-0.25, -0.2) is 10.1 Å². The van der Waals surface area contributed by atoms with Gasteiger partial charge in [0.05, 0.1) is 15.9 Å². The van der Waals surface area contributed by atoms with Gasteiger partial charge in [0.1, 0.15) is 18.2 Å². The number of hydrazine groups is 1. The van der Waals surface area contributed by atoms with Crippen molar-refractivity contribution in [3.63, 3.8) is 0 Å². The molecule has 2 N–H and O–H groups in total. The number of rotatable bonds is 7. The minimum atomic E-state index is -0.703. The highest BCUT2D eigenvalue weighted by atomic mass is 16.6. The van der Waals surface area contributed by atoms with Gasteiger partial charge in [-0.15, -0.1) is 5.10 Å². The Balaban J connectivity index is 1.88. The quantitative estimate of drug-likeness (QED) is 0.475. The first kappa shape index (κ1) is 16.9. The maximum atomic E-state index is 11.2. The molecule has 0 saturated carbocycles. The largest absolute Gasteiger partial charge is 0.313 e. The van der Waals surface area contributed by atoms with Crippen LogP contribution in [0.3, 0.4) is 0 Å². The predicted octanol–water partition coefficient (Wildman–Crippen LogP) is 1.65. The lowest BCUT2D eigenvalue weighted by Crippen LogP contribution is -2.33. The average Bonchev–Trinajstić information content (AvgIpc) is 3.17. The van der Waals surface area contributed by atoms with Crippen LogP contribution in [0.2, 0.25) is 0 Å². The Labute approximate surface area is 145 Å². The standard InChI is InChI=1S/C14H12N8O4/c23-21(24)11-6-7-12(13(8-11)22(25)26)16-17-14(20-9-15-18-19-20)10-4-2-1-3-5-10/h1-9,14,16-17H. The number of tetrazole rings is 1. The number of benzene rings is 2. The zero-order valence-corrected chi connectivity index (χ0v) is 13.1. The Bertz CT molecular complexity index is 916. The van der Waals surface area contributed by atoms with Crippen molar-refractivity contribution < 1.29 is 9.85 Å². The summed E-state index contributed by atoms with van der Waals surface area (Å²) in [5.74, 6) is 0. The average molecular weight is 356 g/mol. The van der Waals surface area contributed by atoms with Gasteiger partial charge in [0.15, 0.2) is 0 Å². The fourth-order valence-electron chi connectivity index (χ4n) is 2.26. The molecule has 12 heteroatoms. The summed E-state index contributed by atoms with van der Waals surface area (Å²) in [6, 6.07) is 12.5. The fourth-order valence-corrected chi connectivity index (χ4v) is 2.26. The van der Waals surface area contributed by atoms with Crippen LogP contribution >= 0.6 is 0 Å². The van der Waals surface area contributed by atoms with Gasteiger partial charge in [-0.3, -0.25) is 20.2 Å². The number of non-ortho nitro benzene ring substituents is 1. The second-order valence-corrected chi connectivity index (χ2v) is 5.09. The summed E-state index contributed by atoms with van der Waals surface area (Å²) in [6.45, 7) is 0. The van der Waals surface area contributed by atoms with Gasteiger partial charge >= 0.3 is 5.69 Å². The minimum absolute atomic E-state index is 0.0644. The van der Waals surface area contributed by atoms with Crippen molar-refractivity contribution in [3.8, 4) is 0 Å². The van der Waals surface area contributed by atoms with Crippen LogP contribution in [-0.4, -0.2) is 30.1 Å². The first-order valence-corrected chi connectivity index (χ1v) is 7.28. The zero-order chi connectivity index (χ0) is 18.5. The smallest absolute Gasteiger partial charge is 0.300 e. The van der Waals surface area contributed by atoms with E-state index in [0.29, 0.717) is 0 Å². The summed E-state index contributed by atoms with van der Waals surface area (Å²) in [4.78, 5) is 20.6. The van der Waals surface area contributed by atoms with E-state index in [4.69, 9.17) is 0 Å². The third-order valence-electron chi connectivity index (χ3n) is 3.48. The highest BCUT2D eigenvalue weighted by Gasteiger charge is 2.21. The second kappa shape index (κ2) is 7.31. The van der Waals surface area contributed by atoms with E-state index in [2.05, 4.69) is 26.4 Å². The molecule has 0 bridgehead atoms. The van der Waals surface area contributed by atoms with E-state index in [1.165, 1.54) is 23.1 Å². The van der Waals surface area contributed by atoms with Crippen LogP contribution in [0, 0.1) is 20.2 Å². The molecule has 0 aliphatic rings. The number of anilines is 1. The van der Waals surface area contributed by atoms with Crippen molar-refractivity contribution in [1.82, 2.24) is 25.6 Å². The molecule has 0 fully saturated rings. The minimum Gasteiger partial charge on any atom is -0.313 e. The third-order valence-corrected chi connectivity index (χ3v) is 3.48. The second-order valence-electron chi connectivity index (χ2n) is 5.09. The number of aromatic nitrogens is 4. The molecule has 26 heavy (non-hydrogen) atoms. The van der Waals surface area contributed by atoms with E-state index in [0.717, 1.165) is 11.6 Å². The van der Waals surface area contributed by atoms with Crippen molar-refractivity contribution in [2.24, 2.45) is 0 Å². The van der Waals surface area contributed by atoms with Crippen molar-refractivity contribution in [2.75, 3.05) is 5.43 Å². The van der Waals surface area contributed by atoms with Crippen LogP contribution in [0.1, 0.15) is 11.7 Å². The van der Waals surface area contributed by atoms with Crippen molar-refractivity contribution in [1.29, 1.82) is 0 Å². The Hall–Kier alpha value is -3.93. The fraction of sp³-hybridized carbons (Fsp3) is 0.0714. The van der Waals surface area contributed by atoms with Gasteiger partial charge in [0.25, 0.3) is 5.69 Å². The SMILES string of the molecule is O=[N+]([O-])c1ccc(NNC(c2ccccc2)n2cnnn2)c([N+](=O)[O-])c1. The molecule has 1 heterocycles. The molecule has 0 spiro atoms. The number of nitrogens with zero attached hydrogens (tertiary/aromatic N) is 6. The van der Waals surface area contributed by atoms with E-state index in [1.54, 1.807) is 0 Å². The van der Waals surface area contributed by atoms with Crippen LogP contribution in [-0.2, 0) is 0 Å². The van der Waals surface area contributed by atoms with Crippen molar-refractivity contribution >= 4 is 17.1 Å². The summed E-state index contributed by atoms with van der Waals surface area (Å²) >= 11 is 0. The van der Waals surface area contributed by atoms with Crippen LogP contribution < -0.4 is 10.9 Å². The molecule has 0 radical (unpaired) electrons. The van der Waals surface area contributed by atoms with E-state index in [-0.39, 0.29) is 11.4 Å². The van der Waals surface area contributed by atoms with Crippen LogP contribution in [0.15, 0.2) is 54.9 Å². The molecule has 1 unspecified atom stereocenters. The van der Waals surface area contributed by atoms with Crippen molar-refractivity contribution in [3.05, 3.63) is 80.7 Å². The van der Waals surface area contributed by atoms with Crippen LogP contribution in [0.5, 0.6) is 0 Å². The lowest BCUT2D eigenvalue weighted by Gasteiger charge is -2.19. The summed E-state index contributed by atoms with van der Waals surface area (Å²) < 4.78 is 1.42. The number of nitrogens with one attached hydrogen (secondary N) is 2. The Morgan fingerprint density at radius 2 is 1.81 bits per heavy atom.